The van der Waals surface area contributed by atoms with Crippen LogP contribution in [0.4, 0.5) is 30.4 Å². The molecule has 0 saturated heterocycles. The maximum atomic E-state index is 14.6. The molecule has 11 heteroatoms. The highest BCUT2D eigenvalue weighted by molar-refractivity contribution is 14.1. The SMILES string of the molecule is CNS(=O)(=O)Nc1nccc(Cc2ccc(Nc3ccc(I)cc3F)cc2F)c1F. The number of nitrogens with one attached hydrogen (secondary N) is 3. The molecule has 0 aliphatic rings. The molecule has 0 fully saturated rings. The van der Waals surface area contributed by atoms with Crippen LogP contribution in [0.5, 0.6) is 0 Å². The van der Waals surface area contributed by atoms with Crippen molar-refractivity contribution in [2.75, 3.05) is 17.1 Å². The van der Waals surface area contributed by atoms with E-state index in [4.69, 9.17) is 0 Å². The standard InChI is InChI=1S/C19H16F3IN4O2S/c1-24-30(28,29)27-19-18(22)12(6-7-25-19)8-11-2-4-14(10-15(11)20)26-17-5-3-13(23)9-16(17)21/h2-7,9-10,24,26H,8H2,1H3,(H,25,27). The Hall–Kier alpha value is -2.38. The predicted octanol–water partition coefficient (Wildman–Crippen LogP) is 4.31. The van der Waals surface area contributed by atoms with Crippen molar-refractivity contribution < 1.29 is 21.6 Å². The van der Waals surface area contributed by atoms with E-state index in [0.717, 1.165) is 10.6 Å². The normalized spacial score (nSPS) is 11.4. The maximum absolute atomic E-state index is 14.6. The second-order valence-corrected chi connectivity index (χ2v) is 9.04. The maximum Gasteiger partial charge on any atom is 0.300 e. The van der Waals surface area contributed by atoms with Gasteiger partial charge in [-0.3, -0.25) is 4.72 Å². The molecule has 1 heterocycles. The van der Waals surface area contributed by atoms with Crippen LogP contribution in [0.25, 0.3) is 0 Å². The summed E-state index contributed by atoms with van der Waals surface area (Å²) >= 11 is 1.98. The highest BCUT2D eigenvalue weighted by Crippen LogP contribution is 2.25. The largest absolute Gasteiger partial charge is 0.353 e. The average Bonchev–Trinajstić information content (AvgIpc) is 2.69. The van der Waals surface area contributed by atoms with Crippen molar-refractivity contribution in [3.05, 3.63) is 80.8 Å². The van der Waals surface area contributed by atoms with Crippen LogP contribution in [0.1, 0.15) is 11.1 Å². The monoisotopic (exact) mass is 548 g/mol. The van der Waals surface area contributed by atoms with E-state index >= 15 is 0 Å². The van der Waals surface area contributed by atoms with Gasteiger partial charge in [-0.15, -0.1) is 0 Å². The third-order valence-corrected chi connectivity index (χ3v) is 5.78. The molecular formula is C19H16F3IN4O2S. The zero-order valence-electron chi connectivity index (χ0n) is 15.5. The molecule has 0 saturated carbocycles. The molecule has 0 radical (unpaired) electrons. The van der Waals surface area contributed by atoms with Gasteiger partial charge in [0.1, 0.15) is 11.6 Å². The van der Waals surface area contributed by atoms with Gasteiger partial charge in [0.2, 0.25) is 0 Å². The third-order valence-electron chi connectivity index (χ3n) is 4.11. The van der Waals surface area contributed by atoms with Gasteiger partial charge in [-0.25, -0.2) is 22.9 Å². The number of halogens is 4. The van der Waals surface area contributed by atoms with Crippen LogP contribution in [0, 0.1) is 21.0 Å². The van der Waals surface area contributed by atoms with Gasteiger partial charge in [-0.2, -0.15) is 8.42 Å². The van der Waals surface area contributed by atoms with E-state index in [1.807, 2.05) is 32.0 Å². The zero-order chi connectivity index (χ0) is 21.9. The van der Waals surface area contributed by atoms with E-state index in [1.165, 1.54) is 30.5 Å². The van der Waals surface area contributed by atoms with Crippen LogP contribution in [0.2, 0.25) is 0 Å². The summed E-state index contributed by atoms with van der Waals surface area (Å²) in [6, 6.07) is 10.1. The molecular weight excluding hydrogens is 532 g/mol. The lowest BCUT2D eigenvalue weighted by atomic mass is 10.0. The number of nitrogens with zero attached hydrogens (tertiary/aromatic N) is 1. The highest BCUT2D eigenvalue weighted by Gasteiger charge is 2.16. The fourth-order valence-electron chi connectivity index (χ4n) is 2.59. The van der Waals surface area contributed by atoms with Crippen LogP contribution < -0.4 is 14.8 Å². The van der Waals surface area contributed by atoms with Gasteiger partial charge in [0.15, 0.2) is 11.6 Å². The van der Waals surface area contributed by atoms with E-state index in [-0.39, 0.29) is 23.2 Å². The van der Waals surface area contributed by atoms with Gasteiger partial charge in [-0.05, 0) is 70.1 Å². The molecule has 3 aromatic rings. The molecule has 2 aromatic carbocycles. The van der Waals surface area contributed by atoms with Gasteiger partial charge in [0.25, 0.3) is 10.2 Å². The summed E-state index contributed by atoms with van der Waals surface area (Å²) in [7, 11) is -2.79. The summed E-state index contributed by atoms with van der Waals surface area (Å²) < 4.78 is 70.9. The van der Waals surface area contributed by atoms with Gasteiger partial charge in [-0.1, -0.05) is 6.07 Å². The molecule has 0 amide bonds. The van der Waals surface area contributed by atoms with Crippen molar-refractivity contribution in [1.29, 1.82) is 0 Å². The summed E-state index contributed by atoms with van der Waals surface area (Å²) in [6.45, 7) is 0. The first kappa shape index (κ1) is 22.3. The number of hydrogen-bond donors (Lipinski definition) is 3. The Morgan fingerprint density at radius 3 is 2.43 bits per heavy atom. The summed E-state index contributed by atoms with van der Waals surface area (Å²) in [5, 5.41) is 2.80. The average molecular weight is 548 g/mol. The number of anilines is 3. The Balaban J connectivity index is 1.81. The quantitative estimate of drug-likeness (QED) is 0.385. The minimum absolute atomic E-state index is 0.0575. The van der Waals surface area contributed by atoms with Crippen molar-refractivity contribution in [3.63, 3.8) is 0 Å². The molecule has 0 aliphatic carbocycles. The van der Waals surface area contributed by atoms with Crippen LogP contribution in [-0.2, 0) is 16.6 Å². The molecule has 30 heavy (non-hydrogen) atoms. The Morgan fingerprint density at radius 2 is 1.77 bits per heavy atom. The fourth-order valence-corrected chi connectivity index (χ4v) is 3.54. The molecule has 6 nitrogen and oxygen atoms in total. The summed E-state index contributed by atoms with van der Waals surface area (Å²) in [5.41, 5.74) is 0.761. The first-order valence-corrected chi connectivity index (χ1v) is 11.1. The lowest BCUT2D eigenvalue weighted by molar-refractivity contribution is 0.587. The lowest BCUT2D eigenvalue weighted by Crippen LogP contribution is -2.27. The molecule has 1 aromatic heterocycles. The predicted molar refractivity (Wildman–Crippen MR) is 117 cm³/mol. The number of rotatable bonds is 7. The molecule has 0 spiro atoms. The van der Waals surface area contributed by atoms with Crippen LogP contribution >= 0.6 is 22.6 Å². The molecule has 0 bridgehead atoms. The Bertz CT molecular complexity index is 1190. The second-order valence-electron chi connectivity index (χ2n) is 6.17. The van der Waals surface area contributed by atoms with E-state index in [2.05, 4.69) is 10.3 Å². The molecule has 3 rings (SSSR count). The summed E-state index contributed by atoms with van der Waals surface area (Å²) in [5.74, 6) is -2.49. The first-order valence-electron chi connectivity index (χ1n) is 8.53. The highest BCUT2D eigenvalue weighted by atomic mass is 127. The molecule has 0 atom stereocenters. The number of benzene rings is 2. The van der Waals surface area contributed by atoms with Crippen molar-refractivity contribution in [3.8, 4) is 0 Å². The van der Waals surface area contributed by atoms with Crippen molar-refractivity contribution >= 4 is 50.0 Å². The van der Waals surface area contributed by atoms with Gasteiger partial charge in [0.05, 0.1) is 5.69 Å². The van der Waals surface area contributed by atoms with E-state index in [9.17, 15) is 21.6 Å². The molecule has 0 unspecified atom stereocenters. The third kappa shape index (κ3) is 5.40. The van der Waals surface area contributed by atoms with Gasteiger partial charge in [0, 0.05) is 28.9 Å². The van der Waals surface area contributed by atoms with Gasteiger partial charge < -0.3 is 5.32 Å². The van der Waals surface area contributed by atoms with E-state index < -0.39 is 33.5 Å². The van der Waals surface area contributed by atoms with Crippen LogP contribution in [-0.4, -0.2) is 20.4 Å². The first-order chi connectivity index (χ1) is 14.2. The fraction of sp³-hybridized carbons (Fsp3) is 0.105. The smallest absolute Gasteiger partial charge is 0.300 e. The minimum Gasteiger partial charge on any atom is -0.353 e. The topological polar surface area (TPSA) is 83.1 Å². The lowest BCUT2D eigenvalue weighted by Gasteiger charge is -2.12. The minimum atomic E-state index is -3.95. The Kier molecular flexibility index (Phi) is 6.83. The van der Waals surface area contributed by atoms with Gasteiger partial charge >= 0.3 is 0 Å². The van der Waals surface area contributed by atoms with Crippen molar-refractivity contribution in [2.45, 2.75) is 6.42 Å². The second kappa shape index (κ2) is 9.18. The van der Waals surface area contributed by atoms with Crippen molar-refractivity contribution in [2.24, 2.45) is 0 Å². The van der Waals surface area contributed by atoms with E-state index in [1.54, 1.807) is 18.2 Å². The summed E-state index contributed by atoms with van der Waals surface area (Å²) in [4.78, 5) is 3.67. The number of aromatic nitrogens is 1. The zero-order valence-corrected chi connectivity index (χ0v) is 18.5. The number of pyridine rings is 1. The molecule has 0 aliphatic heterocycles. The molecule has 3 N–H and O–H groups in total. The summed E-state index contributed by atoms with van der Waals surface area (Å²) in [6.07, 6.45) is 1.09. The van der Waals surface area contributed by atoms with E-state index in [0.29, 0.717) is 5.69 Å². The number of hydrogen-bond acceptors (Lipinski definition) is 4. The van der Waals surface area contributed by atoms with Crippen LogP contribution in [0.15, 0.2) is 48.7 Å². The van der Waals surface area contributed by atoms with Crippen molar-refractivity contribution in [1.82, 2.24) is 9.71 Å². The Morgan fingerprint density at radius 1 is 1.00 bits per heavy atom. The molecule has 158 valence electrons. The van der Waals surface area contributed by atoms with Crippen LogP contribution in [0.3, 0.4) is 0 Å². The Labute approximate surface area is 185 Å².